The Labute approximate surface area is 155 Å². The molecule has 7 heteroatoms. The van der Waals surface area contributed by atoms with Crippen LogP contribution in [0.2, 0.25) is 0 Å². The standard InChI is InChI=1S/C20H20N4O3/c1-26-17-8-7-13(11-18(17)27-2)9-10-21-15-12-19-22-23-20(25)24(19)16-6-4-3-5-14(15)16/h3-8,11-12,21H,9-10H2,1-2H3,(H,23,25). The Morgan fingerprint density at radius 2 is 1.89 bits per heavy atom. The van der Waals surface area contributed by atoms with E-state index in [4.69, 9.17) is 9.47 Å². The number of ether oxygens (including phenoxy) is 2. The van der Waals surface area contributed by atoms with Gasteiger partial charge in [0.1, 0.15) is 0 Å². The third-order valence-corrected chi connectivity index (χ3v) is 4.58. The second-order valence-electron chi connectivity index (χ2n) is 6.16. The van der Waals surface area contributed by atoms with Gasteiger partial charge in [-0.1, -0.05) is 24.3 Å². The van der Waals surface area contributed by atoms with Crippen molar-refractivity contribution >= 4 is 22.2 Å². The minimum absolute atomic E-state index is 0.238. The first kappa shape index (κ1) is 17.0. The second kappa shape index (κ2) is 7.03. The van der Waals surface area contributed by atoms with E-state index in [2.05, 4.69) is 15.5 Å². The van der Waals surface area contributed by atoms with Gasteiger partial charge in [0.2, 0.25) is 0 Å². The number of aromatic amines is 1. The molecule has 0 fully saturated rings. The van der Waals surface area contributed by atoms with Gasteiger partial charge in [0.25, 0.3) is 0 Å². The highest BCUT2D eigenvalue weighted by molar-refractivity contribution is 5.94. The minimum Gasteiger partial charge on any atom is -0.493 e. The summed E-state index contributed by atoms with van der Waals surface area (Å²) in [7, 11) is 3.26. The predicted molar refractivity (Wildman–Crippen MR) is 105 cm³/mol. The summed E-state index contributed by atoms with van der Waals surface area (Å²) >= 11 is 0. The normalized spacial score (nSPS) is 11.0. The first-order chi connectivity index (χ1) is 13.2. The van der Waals surface area contributed by atoms with Crippen LogP contribution in [-0.4, -0.2) is 35.4 Å². The largest absolute Gasteiger partial charge is 0.493 e. The Kier molecular flexibility index (Phi) is 4.42. The summed E-state index contributed by atoms with van der Waals surface area (Å²) in [6.07, 6.45) is 0.813. The highest BCUT2D eigenvalue weighted by atomic mass is 16.5. The average Bonchev–Trinajstić information content (AvgIpc) is 3.08. The predicted octanol–water partition coefficient (Wildman–Crippen LogP) is 2.85. The monoisotopic (exact) mass is 364 g/mol. The van der Waals surface area contributed by atoms with E-state index in [-0.39, 0.29) is 5.69 Å². The Balaban J connectivity index is 1.60. The Hall–Kier alpha value is -3.48. The van der Waals surface area contributed by atoms with Gasteiger partial charge >= 0.3 is 5.69 Å². The van der Waals surface area contributed by atoms with Gasteiger partial charge < -0.3 is 14.8 Å². The van der Waals surface area contributed by atoms with Gasteiger partial charge in [-0.3, -0.25) is 0 Å². The molecule has 4 rings (SSSR count). The maximum atomic E-state index is 12.0. The van der Waals surface area contributed by atoms with Crippen molar-refractivity contribution in [1.29, 1.82) is 0 Å². The molecule has 138 valence electrons. The molecule has 0 aliphatic heterocycles. The average molecular weight is 364 g/mol. The third-order valence-electron chi connectivity index (χ3n) is 4.58. The lowest BCUT2D eigenvalue weighted by Crippen LogP contribution is -2.11. The SMILES string of the molecule is COc1ccc(CCNc2cc3n[nH]c(=O)n3c3ccccc23)cc1OC. The van der Waals surface area contributed by atoms with Crippen molar-refractivity contribution < 1.29 is 9.47 Å². The van der Waals surface area contributed by atoms with Crippen LogP contribution in [0.25, 0.3) is 16.6 Å². The molecule has 0 unspecified atom stereocenters. The number of hydrogen-bond donors (Lipinski definition) is 2. The number of nitrogens with zero attached hydrogens (tertiary/aromatic N) is 2. The summed E-state index contributed by atoms with van der Waals surface area (Å²) in [5, 5.41) is 11.0. The molecule has 0 spiro atoms. The van der Waals surface area contributed by atoms with Crippen LogP contribution in [0.5, 0.6) is 11.5 Å². The molecule has 4 aromatic rings. The minimum atomic E-state index is -0.238. The van der Waals surface area contributed by atoms with E-state index in [0.29, 0.717) is 5.65 Å². The van der Waals surface area contributed by atoms with Crippen LogP contribution in [0.4, 0.5) is 5.69 Å². The molecular formula is C20H20N4O3. The lowest BCUT2D eigenvalue weighted by Gasteiger charge is -2.12. The van der Waals surface area contributed by atoms with E-state index in [9.17, 15) is 4.79 Å². The van der Waals surface area contributed by atoms with Crippen LogP contribution in [0, 0.1) is 0 Å². The van der Waals surface area contributed by atoms with Crippen molar-refractivity contribution in [3.63, 3.8) is 0 Å². The zero-order valence-electron chi connectivity index (χ0n) is 15.2. The van der Waals surface area contributed by atoms with E-state index in [1.807, 2.05) is 48.5 Å². The highest BCUT2D eigenvalue weighted by Crippen LogP contribution is 2.28. The number of H-pyrrole nitrogens is 1. The van der Waals surface area contributed by atoms with E-state index in [1.54, 1.807) is 18.6 Å². The molecule has 2 heterocycles. The Morgan fingerprint density at radius 1 is 1.07 bits per heavy atom. The lowest BCUT2D eigenvalue weighted by atomic mass is 10.1. The maximum Gasteiger partial charge on any atom is 0.348 e. The van der Waals surface area contributed by atoms with E-state index in [0.717, 1.165) is 46.6 Å². The summed E-state index contributed by atoms with van der Waals surface area (Å²) in [5.41, 5.74) is 3.26. The third kappa shape index (κ3) is 3.08. The van der Waals surface area contributed by atoms with Gasteiger partial charge in [0, 0.05) is 23.7 Å². The Bertz CT molecular complexity index is 1160. The summed E-state index contributed by atoms with van der Waals surface area (Å²) < 4.78 is 12.2. The number of rotatable bonds is 6. The Morgan fingerprint density at radius 3 is 2.70 bits per heavy atom. The summed E-state index contributed by atoms with van der Waals surface area (Å²) in [5.74, 6) is 1.44. The number of fused-ring (bicyclic) bond motifs is 3. The fraction of sp³-hybridized carbons (Fsp3) is 0.200. The van der Waals surface area contributed by atoms with Crippen LogP contribution < -0.4 is 20.5 Å². The molecular weight excluding hydrogens is 344 g/mol. The zero-order chi connectivity index (χ0) is 18.8. The van der Waals surface area contributed by atoms with Crippen LogP contribution in [-0.2, 0) is 6.42 Å². The first-order valence-electron chi connectivity index (χ1n) is 8.65. The molecule has 2 aromatic heterocycles. The molecule has 2 N–H and O–H groups in total. The van der Waals surface area contributed by atoms with Crippen LogP contribution >= 0.6 is 0 Å². The van der Waals surface area contributed by atoms with Gasteiger partial charge in [-0.2, -0.15) is 5.10 Å². The van der Waals surface area contributed by atoms with E-state index < -0.39 is 0 Å². The van der Waals surface area contributed by atoms with Crippen molar-refractivity contribution in [3.05, 3.63) is 64.6 Å². The number of pyridine rings is 1. The first-order valence-corrected chi connectivity index (χ1v) is 8.65. The highest BCUT2D eigenvalue weighted by Gasteiger charge is 2.10. The van der Waals surface area contributed by atoms with Crippen molar-refractivity contribution in [2.24, 2.45) is 0 Å². The van der Waals surface area contributed by atoms with Gasteiger partial charge in [0.15, 0.2) is 17.1 Å². The number of anilines is 1. The molecule has 0 aliphatic carbocycles. The number of aromatic nitrogens is 3. The fourth-order valence-electron chi connectivity index (χ4n) is 3.27. The van der Waals surface area contributed by atoms with Crippen molar-refractivity contribution in [1.82, 2.24) is 14.6 Å². The summed E-state index contributed by atoms with van der Waals surface area (Å²) in [6, 6.07) is 15.6. The number of benzene rings is 2. The molecule has 0 saturated heterocycles. The van der Waals surface area contributed by atoms with Gasteiger partial charge in [-0.05, 0) is 30.2 Å². The van der Waals surface area contributed by atoms with E-state index >= 15 is 0 Å². The molecule has 0 aliphatic rings. The van der Waals surface area contributed by atoms with Gasteiger partial charge in [-0.15, -0.1) is 0 Å². The molecule has 2 aromatic carbocycles. The molecule has 0 saturated carbocycles. The summed E-state index contributed by atoms with van der Waals surface area (Å²) in [6.45, 7) is 0.726. The molecule has 0 radical (unpaired) electrons. The number of nitrogens with one attached hydrogen (secondary N) is 2. The topological polar surface area (TPSA) is 80.6 Å². The van der Waals surface area contributed by atoms with Crippen molar-refractivity contribution in [2.45, 2.75) is 6.42 Å². The second-order valence-corrected chi connectivity index (χ2v) is 6.16. The number of methoxy groups -OCH3 is 2. The van der Waals surface area contributed by atoms with E-state index in [1.165, 1.54) is 0 Å². The molecule has 7 nitrogen and oxygen atoms in total. The number of hydrogen-bond acceptors (Lipinski definition) is 5. The zero-order valence-corrected chi connectivity index (χ0v) is 15.2. The smallest absolute Gasteiger partial charge is 0.348 e. The van der Waals surface area contributed by atoms with Crippen molar-refractivity contribution in [3.8, 4) is 11.5 Å². The van der Waals surface area contributed by atoms with Crippen LogP contribution in [0.1, 0.15) is 5.56 Å². The van der Waals surface area contributed by atoms with Gasteiger partial charge in [-0.25, -0.2) is 14.3 Å². The van der Waals surface area contributed by atoms with Gasteiger partial charge in [0.05, 0.1) is 19.7 Å². The molecule has 0 atom stereocenters. The maximum absolute atomic E-state index is 12.0. The molecule has 0 bridgehead atoms. The summed E-state index contributed by atoms with van der Waals surface area (Å²) in [4.78, 5) is 12.0. The quantitative estimate of drug-likeness (QED) is 0.550. The fourth-order valence-corrected chi connectivity index (χ4v) is 3.27. The van der Waals surface area contributed by atoms with Crippen LogP contribution in [0.3, 0.4) is 0 Å². The van der Waals surface area contributed by atoms with Crippen molar-refractivity contribution in [2.75, 3.05) is 26.1 Å². The molecule has 27 heavy (non-hydrogen) atoms. The lowest BCUT2D eigenvalue weighted by molar-refractivity contribution is 0.354. The molecule has 0 amide bonds. The van der Waals surface area contributed by atoms with Crippen LogP contribution in [0.15, 0.2) is 53.3 Å². The number of para-hydroxylation sites is 1.